The Morgan fingerprint density at radius 2 is 2.38 bits per heavy atom. The molecule has 0 spiro atoms. The summed E-state index contributed by atoms with van der Waals surface area (Å²) in [4.78, 5) is 5.23. The van der Waals surface area contributed by atoms with Gasteiger partial charge in [-0.05, 0) is 25.7 Å². The zero-order valence-corrected chi connectivity index (χ0v) is 8.10. The van der Waals surface area contributed by atoms with E-state index in [-0.39, 0.29) is 0 Å². The number of rotatable bonds is 5. The molecule has 1 N–H and O–H groups in total. The van der Waals surface area contributed by atoms with Crippen molar-refractivity contribution in [3.05, 3.63) is 11.3 Å². The second-order valence-electron chi connectivity index (χ2n) is 3.23. The second-order valence-corrected chi connectivity index (χ2v) is 3.23. The van der Waals surface area contributed by atoms with Crippen molar-refractivity contribution in [2.24, 2.45) is 0 Å². The largest absolute Gasteiger partial charge is 0.276 e. The Bertz CT molecular complexity index is 228. The highest BCUT2D eigenvalue weighted by atomic mass is 16.6. The zero-order valence-electron chi connectivity index (χ0n) is 8.10. The molecule has 0 radical (unpaired) electrons. The number of hydroxylamine groups is 1. The lowest BCUT2D eigenvalue weighted by Gasteiger charge is -2.06. The van der Waals surface area contributed by atoms with E-state index < -0.39 is 0 Å². The normalized spacial score (nSPS) is 16.0. The van der Waals surface area contributed by atoms with Crippen molar-refractivity contribution in [2.75, 3.05) is 6.61 Å². The van der Waals surface area contributed by atoms with Gasteiger partial charge in [-0.2, -0.15) is 5.26 Å². The quantitative estimate of drug-likeness (QED) is 0.521. The lowest BCUT2D eigenvalue weighted by molar-refractivity contribution is 0.0588. The van der Waals surface area contributed by atoms with Gasteiger partial charge in [0.1, 0.15) is 0 Å². The van der Waals surface area contributed by atoms with Crippen molar-refractivity contribution in [2.45, 2.75) is 39.0 Å². The Morgan fingerprint density at radius 3 is 3.08 bits per heavy atom. The lowest BCUT2D eigenvalue weighted by Crippen LogP contribution is -2.14. The van der Waals surface area contributed by atoms with Crippen molar-refractivity contribution in [1.82, 2.24) is 5.48 Å². The molecule has 0 unspecified atom stereocenters. The Kier molecular flexibility index (Phi) is 4.34. The van der Waals surface area contributed by atoms with Crippen molar-refractivity contribution in [3.8, 4) is 6.07 Å². The molecule has 1 aliphatic carbocycles. The molecule has 3 heteroatoms. The van der Waals surface area contributed by atoms with Gasteiger partial charge in [0, 0.05) is 0 Å². The molecular weight excluding hydrogens is 164 g/mol. The average Bonchev–Trinajstić information content (AvgIpc) is 2.60. The molecule has 0 atom stereocenters. The van der Waals surface area contributed by atoms with Crippen LogP contribution in [0.1, 0.15) is 39.0 Å². The van der Waals surface area contributed by atoms with Crippen LogP contribution in [0.4, 0.5) is 0 Å². The highest BCUT2D eigenvalue weighted by Crippen LogP contribution is 2.22. The Labute approximate surface area is 79.3 Å². The molecule has 0 saturated carbocycles. The predicted octanol–water partition coefficient (Wildman–Crippen LogP) is 2.27. The maximum atomic E-state index is 8.74. The molecule has 0 bridgehead atoms. The Morgan fingerprint density at radius 1 is 1.54 bits per heavy atom. The molecule has 0 saturated heterocycles. The minimum absolute atomic E-state index is 0.721. The summed E-state index contributed by atoms with van der Waals surface area (Å²) in [5, 5.41) is 8.74. The lowest BCUT2D eigenvalue weighted by atomic mass is 10.2. The van der Waals surface area contributed by atoms with Crippen LogP contribution < -0.4 is 5.48 Å². The maximum Gasteiger partial charge on any atom is 0.0966 e. The smallest absolute Gasteiger partial charge is 0.0966 e. The van der Waals surface area contributed by atoms with Gasteiger partial charge in [0.05, 0.1) is 23.9 Å². The minimum atomic E-state index is 0.721. The molecule has 0 aromatic rings. The average molecular weight is 180 g/mol. The minimum Gasteiger partial charge on any atom is -0.276 e. The van der Waals surface area contributed by atoms with Gasteiger partial charge >= 0.3 is 0 Å². The first-order valence-corrected chi connectivity index (χ1v) is 4.88. The standard InChI is InChI=1S/C10H16N2O/c1-2-3-7-13-12-10-6-4-5-9(10)8-11/h12H,2-7H2,1H3. The second kappa shape index (κ2) is 5.60. The predicted molar refractivity (Wildman–Crippen MR) is 50.5 cm³/mol. The van der Waals surface area contributed by atoms with Crippen LogP contribution in [0.3, 0.4) is 0 Å². The highest BCUT2D eigenvalue weighted by molar-refractivity contribution is 5.29. The van der Waals surface area contributed by atoms with Gasteiger partial charge in [0.2, 0.25) is 0 Å². The summed E-state index contributed by atoms with van der Waals surface area (Å²) < 4.78 is 0. The van der Waals surface area contributed by atoms with E-state index >= 15 is 0 Å². The number of hydrogen-bond acceptors (Lipinski definition) is 3. The van der Waals surface area contributed by atoms with Gasteiger partial charge < -0.3 is 0 Å². The third kappa shape index (κ3) is 3.08. The summed E-state index contributed by atoms with van der Waals surface area (Å²) in [5.41, 5.74) is 4.72. The Balaban J connectivity index is 2.24. The number of nitrogens with one attached hydrogen (secondary N) is 1. The molecule has 1 aliphatic rings. The summed E-state index contributed by atoms with van der Waals surface area (Å²) in [6.07, 6.45) is 5.11. The van der Waals surface area contributed by atoms with Crippen LogP contribution in [-0.2, 0) is 4.84 Å². The number of allylic oxidation sites excluding steroid dienone is 2. The first-order valence-electron chi connectivity index (χ1n) is 4.88. The summed E-state index contributed by atoms with van der Waals surface area (Å²) in [6.45, 7) is 2.84. The molecule has 13 heavy (non-hydrogen) atoms. The number of hydrogen-bond donors (Lipinski definition) is 1. The van der Waals surface area contributed by atoms with E-state index in [2.05, 4.69) is 18.5 Å². The van der Waals surface area contributed by atoms with Gasteiger partial charge in [0.25, 0.3) is 0 Å². The van der Waals surface area contributed by atoms with Crippen LogP contribution in [0.2, 0.25) is 0 Å². The monoisotopic (exact) mass is 180 g/mol. The number of unbranched alkanes of at least 4 members (excludes halogenated alkanes) is 1. The Hall–Kier alpha value is -1.01. The fraction of sp³-hybridized carbons (Fsp3) is 0.700. The summed E-state index contributed by atoms with van der Waals surface area (Å²) in [7, 11) is 0. The molecule has 0 amide bonds. The van der Waals surface area contributed by atoms with Crippen molar-refractivity contribution >= 4 is 0 Å². The fourth-order valence-electron chi connectivity index (χ4n) is 1.33. The van der Waals surface area contributed by atoms with Crippen LogP contribution in [0.15, 0.2) is 11.3 Å². The van der Waals surface area contributed by atoms with Crippen LogP contribution in [0.25, 0.3) is 0 Å². The zero-order chi connectivity index (χ0) is 9.52. The molecular formula is C10H16N2O. The van der Waals surface area contributed by atoms with Gasteiger partial charge in [-0.1, -0.05) is 13.3 Å². The SMILES string of the molecule is CCCCONC1=C(C#N)CCC1. The molecule has 72 valence electrons. The van der Waals surface area contributed by atoms with E-state index in [1.165, 1.54) is 0 Å². The van der Waals surface area contributed by atoms with Crippen LogP contribution in [-0.4, -0.2) is 6.61 Å². The maximum absolute atomic E-state index is 8.74. The van der Waals surface area contributed by atoms with E-state index in [1.54, 1.807) is 0 Å². The first-order chi connectivity index (χ1) is 6.38. The van der Waals surface area contributed by atoms with Crippen LogP contribution >= 0.6 is 0 Å². The first kappa shape index (κ1) is 10.1. The molecule has 3 nitrogen and oxygen atoms in total. The number of nitriles is 1. The van der Waals surface area contributed by atoms with Crippen LogP contribution in [0.5, 0.6) is 0 Å². The van der Waals surface area contributed by atoms with E-state index in [0.29, 0.717) is 0 Å². The third-order valence-corrected chi connectivity index (χ3v) is 2.15. The highest BCUT2D eigenvalue weighted by Gasteiger charge is 2.13. The van der Waals surface area contributed by atoms with E-state index in [4.69, 9.17) is 10.1 Å². The van der Waals surface area contributed by atoms with Crippen LogP contribution in [0, 0.1) is 11.3 Å². The molecule has 0 aliphatic heterocycles. The molecule has 0 fully saturated rings. The number of nitrogens with zero attached hydrogens (tertiary/aromatic N) is 1. The summed E-state index contributed by atoms with van der Waals surface area (Å²) in [6, 6.07) is 2.19. The molecule has 0 heterocycles. The summed E-state index contributed by atoms with van der Waals surface area (Å²) >= 11 is 0. The van der Waals surface area contributed by atoms with Crippen molar-refractivity contribution in [1.29, 1.82) is 5.26 Å². The molecule has 0 aromatic carbocycles. The molecule has 0 aromatic heterocycles. The van der Waals surface area contributed by atoms with Gasteiger partial charge in [-0.3, -0.25) is 10.3 Å². The van der Waals surface area contributed by atoms with E-state index in [0.717, 1.165) is 50.0 Å². The van der Waals surface area contributed by atoms with Gasteiger partial charge in [-0.25, -0.2) is 0 Å². The van der Waals surface area contributed by atoms with Crippen molar-refractivity contribution < 1.29 is 4.84 Å². The van der Waals surface area contributed by atoms with E-state index in [9.17, 15) is 0 Å². The summed E-state index contributed by atoms with van der Waals surface area (Å²) in [5.74, 6) is 0. The van der Waals surface area contributed by atoms with Crippen molar-refractivity contribution in [3.63, 3.8) is 0 Å². The van der Waals surface area contributed by atoms with E-state index in [1.807, 2.05) is 0 Å². The molecule has 1 rings (SSSR count). The third-order valence-electron chi connectivity index (χ3n) is 2.15. The topological polar surface area (TPSA) is 45.0 Å². The fourth-order valence-corrected chi connectivity index (χ4v) is 1.33. The van der Waals surface area contributed by atoms with Gasteiger partial charge in [-0.15, -0.1) is 0 Å². The van der Waals surface area contributed by atoms with Gasteiger partial charge in [0.15, 0.2) is 0 Å².